The van der Waals surface area contributed by atoms with Crippen LogP contribution in [0.1, 0.15) is 47.6 Å². The molecular weight excluding hydrogens is 248 g/mol. The molecule has 0 aliphatic carbocycles. The van der Waals surface area contributed by atoms with E-state index in [1.807, 2.05) is 19.9 Å². The molecule has 0 aliphatic heterocycles. The van der Waals surface area contributed by atoms with Crippen LogP contribution in [0.25, 0.3) is 0 Å². The monoisotopic (exact) mass is 270 g/mol. The number of methoxy groups -OCH3 is 1. The maximum atomic E-state index is 11.8. The summed E-state index contributed by atoms with van der Waals surface area (Å²) in [5, 5.41) is 10.4. The predicted octanol–water partition coefficient (Wildman–Crippen LogP) is 3.38. The summed E-state index contributed by atoms with van der Waals surface area (Å²) in [5.41, 5.74) is 0.865. The molecule has 1 rings (SSSR count). The Bertz CT molecular complexity index is 398. The summed E-state index contributed by atoms with van der Waals surface area (Å²) in [6, 6.07) is 1.96. The highest BCUT2D eigenvalue weighted by Crippen LogP contribution is 2.33. The normalized spacial score (nSPS) is 14.3. The van der Waals surface area contributed by atoms with E-state index in [4.69, 9.17) is 4.74 Å². The van der Waals surface area contributed by atoms with Gasteiger partial charge in [0.1, 0.15) is 0 Å². The number of unbranched alkanes of at least 4 members (excludes halogenated alkanes) is 1. The Morgan fingerprint density at radius 2 is 2.17 bits per heavy atom. The molecule has 0 saturated heterocycles. The Morgan fingerprint density at radius 1 is 1.50 bits per heavy atom. The van der Waals surface area contributed by atoms with Crippen molar-refractivity contribution in [3.05, 3.63) is 21.4 Å². The van der Waals surface area contributed by atoms with Crippen LogP contribution >= 0.6 is 11.3 Å². The van der Waals surface area contributed by atoms with E-state index in [0.29, 0.717) is 6.42 Å². The topological polar surface area (TPSA) is 46.5 Å². The molecule has 1 heterocycles. The second kappa shape index (κ2) is 6.90. The lowest BCUT2D eigenvalue weighted by atomic mass is 9.91. The molecule has 102 valence electrons. The first-order valence-corrected chi connectivity index (χ1v) is 7.15. The first-order valence-electron chi connectivity index (χ1n) is 6.34. The van der Waals surface area contributed by atoms with Gasteiger partial charge >= 0.3 is 5.97 Å². The molecule has 0 amide bonds. The smallest absolute Gasteiger partial charge is 0.311 e. The average Bonchev–Trinajstić information content (AvgIpc) is 2.68. The van der Waals surface area contributed by atoms with E-state index in [0.717, 1.165) is 28.2 Å². The molecule has 1 N–H and O–H groups in total. The largest absolute Gasteiger partial charge is 0.469 e. The quantitative estimate of drug-likeness (QED) is 0.806. The third-order valence-electron chi connectivity index (χ3n) is 3.15. The number of thiophene rings is 1. The number of carbonyl (C=O) groups excluding carboxylic acids is 1. The molecule has 1 aromatic heterocycles. The Balaban J connectivity index is 2.90. The lowest BCUT2D eigenvalue weighted by Crippen LogP contribution is -2.23. The molecule has 0 radical (unpaired) electrons. The lowest BCUT2D eigenvalue weighted by Gasteiger charge is -2.20. The van der Waals surface area contributed by atoms with Crippen LogP contribution in [0, 0.1) is 19.8 Å². The SMILES string of the molecule is CCCCC(C(=O)OC)C(O)c1cc(C)sc1C. The number of ether oxygens (including phenoxy) is 1. The van der Waals surface area contributed by atoms with E-state index in [9.17, 15) is 9.90 Å². The number of aliphatic hydroxyl groups excluding tert-OH is 1. The third kappa shape index (κ3) is 3.56. The summed E-state index contributed by atoms with van der Waals surface area (Å²) in [6.07, 6.45) is 1.83. The Morgan fingerprint density at radius 3 is 2.61 bits per heavy atom. The number of aliphatic hydroxyl groups is 1. The highest BCUT2D eigenvalue weighted by atomic mass is 32.1. The lowest BCUT2D eigenvalue weighted by molar-refractivity contribution is -0.150. The molecule has 18 heavy (non-hydrogen) atoms. The van der Waals surface area contributed by atoms with Crippen LogP contribution in [0.4, 0.5) is 0 Å². The van der Waals surface area contributed by atoms with Gasteiger partial charge in [0.15, 0.2) is 0 Å². The molecule has 0 fully saturated rings. The second-order valence-corrected chi connectivity index (χ2v) is 6.05. The Kier molecular flexibility index (Phi) is 5.82. The van der Waals surface area contributed by atoms with Gasteiger partial charge in [0.2, 0.25) is 0 Å². The van der Waals surface area contributed by atoms with E-state index < -0.39 is 12.0 Å². The minimum absolute atomic E-state index is 0.320. The number of hydrogen-bond acceptors (Lipinski definition) is 4. The molecule has 2 atom stereocenters. The molecule has 2 unspecified atom stereocenters. The van der Waals surface area contributed by atoms with Gasteiger partial charge in [0.25, 0.3) is 0 Å². The van der Waals surface area contributed by atoms with E-state index in [-0.39, 0.29) is 5.97 Å². The van der Waals surface area contributed by atoms with Crippen molar-refractivity contribution < 1.29 is 14.6 Å². The summed E-state index contributed by atoms with van der Waals surface area (Å²) in [7, 11) is 1.37. The molecule has 3 nitrogen and oxygen atoms in total. The fourth-order valence-electron chi connectivity index (χ4n) is 2.14. The van der Waals surface area contributed by atoms with E-state index in [1.54, 1.807) is 11.3 Å². The molecule has 1 aromatic rings. The van der Waals surface area contributed by atoms with Crippen LogP contribution in [0.15, 0.2) is 6.07 Å². The highest BCUT2D eigenvalue weighted by molar-refractivity contribution is 7.12. The van der Waals surface area contributed by atoms with Crippen molar-refractivity contribution in [2.24, 2.45) is 5.92 Å². The number of esters is 1. The van der Waals surface area contributed by atoms with E-state index in [2.05, 4.69) is 6.92 Å². The summed E-state index contributed by atoms with van der Waals surface area (Å²) < 4.78 is 4.80. The number of carbonyl (C=O) groups is 1. The first-order chi connectivity index (χ1) is 8.51. The molecule has 0 aromatic carbocycles. The average molecular weight is 270 g/mol. The molecule has 4 heteroatoms. The molecule has 0 saturated carbocycles. The van der Waals surface area contributed by atoms with Crippen LogP contribution in [-0.2, 0) is 9.53 Å². The van der Waals surface area contributed by atoms with Crippen LogP contribution in [0.3, 0.4) is 0 Å². The maximum absolute atomic E-state index is 11.8. The van der Waals surface area contributed by atoms with Crippen LogP contribution in [0.2, 0.25) is 0 Å². The van der Waals surface area contributed by atoms with Gasteiger partial charge in [-0.2, -0.15) is 0 Å². The molecule has 0 spiro atoms. The second-order valence-electron chi connectivity index (χ2n) is 4.59. The predicted molar refractivity (Wildman–Crippen MR) is 73.8 cm³/mol. The summed E-state index contributed by atoms with van der Waals surface area (Å²) >= 11 is 1.65. The van der Waals surface area contributed by atoms with Crippen molar-refractivity contribution in [3.63, 3.8) is 0 Å². The zero-order valence-corrected chi connectivity index (χ0v) is 12.3. The van der Waals surface area contributed by atoms with Gasteiger partial charge in [-0.1, -0.05) is 19.8 Å². The van der Waals surface area contributed by atoms with Gasteiger partial charge in [-0.15, -0.1) is 11.3 Å². The number of hydrogen-bond donors (Lipinski definition) is 1. The first kappa shape index (κ1) is 15.2. The van der Waals surface area contributed by atoms with Crippen molar-refractivity contribution in [2.45, 2.75) is 46.1 Å². The standard InChI is InChI=1S/C14H22O3S/c1-5-6-7-11(14(16)17-4)13(15)12-8-9(2)18-10(12)3/h8,11,13,15H,5-7H2,1-4H3. The van der Waals surface area contributed by atoms with Crippen LogP contribution in [0.5, 0.6) is 0 Å². The molecule has 0 aliphatic rings. The van der Waals surface area contributed by atoms with Gasteiger partial charge in [-0.3, -0.25) is 4.79 Å². The minimum Gasteiger partial charge on any atom is -0.469 e. The van der Waals surface area contributed by atoms with Crippen molar-refractivity contribution >= 4 is 17.3 Å². The third-order valence-corrected chi connectivity index (χ3v) is 4.13. The summed E-state index contributed by atoms with van der Waals surface area (Å²) in [5.74, 6) is -0.776. The van der Waals surface area contributed by atoms with Crippen LogP contribution < -0.4 is 0 Å². The van der Waals surface area contributed by atoms with Crippen molar-refractivity contribution in [1.82, 2.24) is 0 Å². The van der Waals surface area contributed by atoms with Crippen LogP contribution in [-0.4, -0.2) is 18.2 Å². The zero-order valence-electron chi connectivity index (χ0n) is 11.5. The van der Waals surface area contributed by atoms with Gasteiger partial charge in [-0.25, -0.2) is 0 Å². The zero-order chi connectivity index (χ0) is 13.7. The fraction of sp³-hybridized carbons (Fsp3) is 0.643. The van der Waals surface area contributed by atoms with Crippen molar-refractivity contribution in [3.8, 4) is 0 Å². The maximum Gasteiger partial charge on any atom is 0.311 e. The fourth-order valence-corrected chi connectivity index (χ4v) is 3.11. The van der Waals surface area contributed by atoms with Gasteiger partial charge in [0.05, 0.1) is 19.1 Å². The Hall–Kier alpha value is -0.870. The van der Waals surface area contributed by atoms with Crippen molar-refractivity contribution in [2.75, 3.05) is 7.11 Å². The highest BCUT2D eigenvalue weighted by Gasteiger charge is 2.30. The van der Waals surface area contributed by atoms with Gasteiger partial charge in [0, 0.05) is 9.75 Å². The minimum atomic E-state index is -0.756. The van der Waals surface area contributed by atoms with Gasteiger partial charge in [-0.05, 0) is 31.9 Å². The Labute approximate surface area is 113 Å². The van der Waals surface area contributed by atoms with E-state index in [1.165, 1.54) is 7.11 Å². The molecule has 0 bridgehead atoms. The van der Waals surface area contributed by atoms with E-state index >= 15 is 0 Å². The van der Waals surface area contributed by atoms with Crippen molar-refractivity contribution in [1.29, 1.82) is 0 Å². The number of aryl methyl sites for hydroxylation is 2. The summed E-state index contributed by atoms with van der Waals surface area (Å²) in [4.78, 5) is 14.0. The number of rotatable bonds is 6. The molecular formula is C14H22O3S. The van der Waals surface area contributed by atoms with Gasteiger partial charge < -0.3 is 9.84 Å². The summed E-state index contributed by atoms with van der Waals surface area (Å²) in [6.45, 7) is 6.05.